The number of carbonyl (C=O) groups is 2. The Morgan fingerprint density at radius 2 is 1.55 bits per heavy atom. The monoisotopic (exact) mass is 446 g/mol. The number of ether oxygens (including phenoxy) is 2. The van der Waals surface area contributed by atoms with Gasteiger partial charge in [0.05, 0.1) is 26.2 Å². The van der Waals surface area contributed by atoms with Gasteiger partial charge in [-0.15, -0.1) is 0 Å². The van der Waals surface area contributed by atoms with E-state index >= 15 is 0 Å². The standard InChI is InChI=1S/C21H42O6Si2/c1-20(2,3)28(8,9)25-14-17-19(27-29(10,11)21(4,5)6)16(22)12-15(26-17)13-18(23)24-7/h15,17,19H,12-14H2,1-11H3/t15-,17+,19?/m0/s1. The van der Waals surface area contributed by atoms with Crippen LogP contribution in [0.4, 0.5) is 0 Å². The lowest BCUT2D eigenvalue weighted by atomic mass is 9.98. The van der Waals surface area contributed by atoms with Crippen molar-refractivity contribution in [1.29, 1.82) is 0 Å². The first-order chi connectivity index (χ1) is 12.9. The molecule has 0 saturated carbocycles. The van der Waals surface area contributed by atoms with Gasteiger partial charge in [-0.2, -0.15) is 0 Å². The highest BCUT2D eigenvalue weighted by atomic mass is 28.4. The molecule has 1 heterocycles. The molecule has 1 rings (SSSR count). The second-order valence-electron chi connectivity index (χ2n) is 11.1. The molecule has 8 heteroatoms. The van der Waals surface area contributed by atoms with Crippen molar-refractivity contribution in [2.24, 2.45) is 0 Å². The quantitative estimate of drug-likeness (QED) is 0.417. The normalized spacial score (nSPS) is 24.5. The molecule has 0 spiro atoms. The number of rotatable bonds is 7. The summed E-state index contributed by atoms with van der Waals surface area (Å²) in [5.41, 5.74) is 0. The summed E-state index contributed by atoms with van der Waals surface area (Å²) in [6.45, 7) is 21.9. The van der Waals surface area contributed by atoms with Crippen LogP contribution >= 0.6 is 0 Å². The van der Waals surface area contributed by atoms with Gasteiger partial charge >= 0.3 is 5.97 Å². The van der Waals surface area contributed by atoms with Crippen molar-refractivity contribution < 1.29 is 27.9 Å². The van der Waals surface area contributed by atoms with Crippen LogP contribution in [-0.2, 0) is 27.9 Å². The Bertz CT molecular complexity index is 589. The smallest absolute Gasteiger partial charge is 0.308 e. The maximum Gasteiger partial charge on any atom is 0.308 e. The number of Topliss-reactive ketones (excluding diaryl/α,β-unsaturated/α-hetero) is 1. The van der Waals surface area contributed by atoms with Crippen LogP contribution in [0, 0.1) is 0 Å². The Labute approximate surface area is 179 Å². The van der Waals surface area contributed by atoms with E-state index in [4.69, 9.17) is 18.3 Å². The van der Waals surface area contributed by atoms with E-state index in [1.54, 1.807) is 0 Å². The summed E-state index contributed by atoms with van der Waals surface area (Å²) in [7, 11) is -2.87. The molecule has 170 valence electrons. The number of hydrogen-bond acceptors (Lipinski definition) is 6. The highest BCUT2D eigenvalue weighted by Gasteiger charge is 2.47. The van der Waals surface area contributed by atoms with Gasteiger partial charge in [0, 0.05) is 6.42 Å². The molecule has 1 unspecified atom stereocenters. The Kier molecular flexibility index (Phi) is 8.49. The fourth-order valence-corrected chi connectivity index (χ4v) is 4.86. The van der Waals surface area contributed by atoms with E-state index < -0.39 is 34.9 Å². The molecule has 0 aromatic rings. The maximum atomic E-state index is 13.0. The van der Waals surface area contributed by atoms with Crippen molar-refractivity contribution >= 4 is 28.4 Å². The zero-order valence-electron chi connectivity index (χ0n) is 20.3. The zero-order chi connectivity index (χ0) is 22.8. The van der Waals surface area contributed by atoms with E-state index in [2.05, 4.69) is 67.7 Å². The van der Waals surface area contributed by atoms with Crippen LogP contribution in [0.15, 0.2) is 0 Å². The van der Waals surface area contributed by atoms with Crippen molar-refractivity contribution in [3.63, 3.8) is 0 Å². The van der Waals surface area contributed by atoms with Gasteiger partial charge in [0.1, 0.15) is 12.2 Å². The van der Waals surface area contributed by atoms with Crippen LogP contribution in [0.3, 0.4) is 0 Å². The third kappa shape index (κ3) is 6.99. The Morgan fingerprint density at radius 1 is 1.03 bits per heavy atom. The summed E-state index contributed by atoms with van der Waals surface area (Å²) in [6, 6.07) is 0. The first kappa shape index (κ1) is 26.5. The molecule has 0 bridgehead atoms. The predicted octanol–water partition coefficient (Wildman–Crippen LogP) is 4.69. The van der Waals surface area contributed by atoms with E-state index in [0.717, 1.165) is 0 Å². The summed E-state index contributed by atoms with van der Waals surface area (Å²) in [5, 5.41) is 0.0217. The van der Waals surface area contributed by atoms with Gasteiger partial charge in [-0.1, -0.05) is 41.5 Å². The highest BCUT2D eigenvalue weighted by molar-refractivity contribution is 6.74. The summed E-state index contributed by atoms with van der Waals surface area (Å²) in [4.78, 5) is 24.8. The first-order valence-corrected chi connectivity index (χ1v) is 16.3. The Hall–Kier alpha value is -0.546. The van der Waals surface area contributed by atoms with Crippen molar-refractivity contribution in [3.05, 3.63) is 0 Å². The number of carbonyl (C=O) groups excluding carboxylic acids is 2. The molecule has 3 atom stereocenters. The second kappa shape index (κ2) is 9.30. The van der Waals surface area contributed by atoms with Crippen LogP contribution in [0.5, 0.6) is 0 Å². The van der Waals surface area contributed by atoms with Crippen LogP contribution in [-0.4, -0.2) is 60.4 Å². The number of esters is 1. The molecule has 29 heavy (non-hydrogen) atoms. The van der Waals surface area contributed by atoms with Gasteiger partial charge in [-0.05, 0) is 36.3 Å². The van der Waals surface area contributed by atoms with Crippen LogP contribution in [0.2, 0.25) is 36.3 Å². The topological polar surface area (TPSA) is 71.1 Å². The molecule has 1 saturated heterocycles. The molecular weight excluding hydrogens is 404 g/mol. The number of hydrogen-bond donors (Lipinski definition) is 0. The number of methoxy groups -OCH3 is 1. The molecule has 6 nitrogen and oxygen atoms in total. The number of ketones is 1. The minimum atomic E-state index is -2.19. The third-order valence-corrected chi connectivity index (χ3v) is 15.7. The Balaban J connectivity index is 3.07. The van der Waals surface area contributed by atoms with E-state index in [-0.39, 0.29) is 34.7 Å². The summed E-state index contributed by atoms with van der Waals surface area (Å²) in [5.74, 6) is -0.394. The van der Waals surface area contributed by atoms with Gasteiger partial charge in [0.25, 0.3) is 0 Å². The minimum absolute atomic E-state index is 0.0150. The minimum Gasteiger partial charge on any atom is -0.469 e. The van der Waals surface area contributed by atoms with Crippen molar-refractivity contribution in [2.75, 3.05) is 13.7 Å². The molecule has 0 aromatic heterocycles. The van der Waals surface area contributed by atoms with E-state index in [9.17, 15) is 9.59 Å². The first-order valence-electron chi connectivity index (χ1n) is 10.5. The molecular formula is C21H42O6Si2. The summed E-state index contributed by atoms with van der Waals surface area (Å²) >= 11 is 0. The van der Waals surface area contributed by atoms with E-state index in [0.29, 0.717) is 6.61 Å². The average molecular weight is 447 g/mol. The predicted molar refractivity (Wildman–Crippen MR) is 120 cm³/mol. The van der Waals surface area contributed by atoms with Crippen molar-refractivity contribution in [1.82, 2.24) is 0 Å². The van der Waals surface area contributed by atoms with Crippen LogP contribution in [0.25, 0.3) is 0 Å². The van der Waals surface area contributed by atoms with E-state index in [1.807, 2.05) is 0 Å². The van der Waals surface area contributed by atoms with E-state index in [1.165, 1.54) is 7.11 Å². The fraction of sp³-hybridized carbons (Fsp3) is 0.905. The molecule has 1 fully saturated rings. The summed E-state index contributed by atoms with van der Waals surface area (Å²) < 4.78 is 23.8. The molecule has 0 radical (unpaired) electrons. The van der Waals surface area contributed by atoms with Crippen LogP contribution < -0.4 is 0 Å². The second-order valence-corrected chi connectivity index (χ2v) is 20.7. The van der Waals surface area contributed by atoms with Gasteiger partial charge in [-0.3, -0.25) is 9.59 Å². The largest absolute Gasteiger partial charge is 0.469 e. The fourth-order valence-electron chi connectivity index (χ4n) is 2.57. The Morgan fingerprint density at radius 3 is 2.00 bits per heavy atom. The van der Waals surface area contributed by atoms with Crippen molar-refractivity contribution in [2.45, 2.75) is 109 Å². The zero-order valence-corrected chi connectivity index (χ0v) is 22.3. The molecule has 1 aliphatic rings. The summed E-state index contributed by atoms with van der Waals surface area (Å²) in [6.07, 6.45) is -1.46. The third-order valence-electron chi connectivity index (χ3n) is 6.72. The van der Waals surface area contributed by atoms with Gasteiger partial charge in [0.2, 0.25) is 0 Å². The van der Waals surface area contributed by atoms with Crippen LogP contribution in [0.1, 0.15) is 54.4 Å². The molecule has 0 aliphatic carbocycles. The molecule has 0 aromatic carbocycles. The van der Waals surface area contributed by atoms with Gasteiger partial charge in [-0.25, -0.2) is 0 Å². The SMILES string of the molecule is COC(=O)C[C@@H]1CC(=O)C(O[Si](C)(C)C(C)(C)C)[C@@H](CO[Si](C)(C)C(C)(C)C)O1. The lowest BCUT2D eigenvalue weighted by Crippen LogP contribution is -2.56. The molecule has 0 N–H and O–H groups in total. The van der Waals surface area contributed by atoms with Gasteiger partial charge < -0.3 is 18.3 Å². The van der Waals surface area contributed by atoms with Crippen molar-refractivity contribution in [3.8, 4) is 0 Å². The maximum absolute atomic E-state index is 13.0. The molecule has 1 aliphatic heterocycles. The van der Waals surface area contributed by atoms with Gasteiger partial charge in [0.15, 0.2) is 22.4 Å². The lowest BCUT2D eigenvalue weighted by molar-refractivity contribution is -0.166. The average Bonchev–Trinajstić information content (AvgIpc) is 2.53. The lowest BCUT2D eigenvalue weighted by Gasteiger charge is -2.44. The highest BCUT2D eigenvalue weighted by Crippen LogP contribution is 2.40. The molecule has 0 amide bonds.